The van der Waals surface area contributed by atoms with Gasteiger partial charge in [0, 0.05) is 23.1 Å². The Kier molecular flexibility index (Phi) is 4.54. The van der Waals surface area contributed by atoms with Crippen LogP contribution in [0.25, 0.3) is 0 Å². The number of carbonyl (C=O) groups is 2. The maximum Gasteiger partial charge on any atom is 0.319 e. The molecule has 1 spiro atoms. The third kappa shape index (κ3) is 2.80. The minimum absolute atomic E-state index is 0.00191. The highest BCUT2D eigenvalue weighted by Crippen LogP contribution is 2.52. The van der Waals surface area contributed by atoms with Gasteiger partial charge in [0.05, 0.1) is 6.42 Å². The zero-order valence-corrected chi connectivity index (χ0v) is 16.2. The summed E-state index contributed by atoms with van der Waals surface area (Å²) in [5, 5.41) is 21.5. The predicted molar refractivity (Wildman–Crippen MR) is 99.1 cm³/mol. The molecule has 2 N–H and O–H groups in total. The molecule has 0 radical (unpaired) electrons. The third-order valence-corrected chi connectivity index (χ3v) is 5.12. The molecular weight excluding hydrogens is 348 g/mol. The summed E-state index contributed by atoms with van der Waals surface area (Å²) in [7, 11) is 0. The highest BCUT2D eigenvalue weighted by atomic mass is 16.7. The number of hydrogen-bond donors (Lipinski definition) is 2. The number of fused-ring (bicyclic) bond motifs is 1. The molecule has 6 nitrogen and oxygen atoms in total. The number of Topliss-reactive ketones (excluding diaryl/α,β-unsaturated/α-hetero) is 2. The molecule has 0 bridgehead atoms. The van der Waals surface area contributed by atoms with Gasteiger partial charge in [-0.25, -0.2) is 0 Å². The number of ketones is 2. The summed E-state index contributed by atoms with van der Waals surface area (Å²) in [5.74, 6) is -2.26. The molecule has 0 saturated heterocycles. The van der Waals surface area contributed by atoms with Gasteiger partial charge in [-0.1, -0.05) is 18.6 Å². The number of rotatable bonds is 4. The first kappa shape index (κ1) is 19.0. The topological polar surface area (TPSA) is 93.1 Å². The minimum atomic E-state index is -1.61. The maximum atomic E-state index is 12.7. The van der Waals surface area contributed by atoms with Crippen LogP contribution in [0, 0.1) is 0 Å². The number of carbonyl (C=O) groups excluding carboxylic acids is 2. The Morgan fingerprint density at radius 2 is 1.85 bits per heavy atom. The van der Waals surface area contributed by atoms with Crippen molar-refractivity contribution in [2.75, 3.05) is 0 Å². The average Bonchev–Trinajstić information content (AvgIpc) is 3.08. The Morgan fingerprint density at radius 1 is 1.19 bits per heavy atom. The molecule has 1 unspecified atom stereocenters. The van der Waals surface area contributed by atoms with Gasteiger partial charge in [0.15, 0.2) is 5.78 Å². The van der Waals surface area contributed by atoms with Gasteiger partial charge in [0.25, 0.3) is 0 Å². The van der Waals surface area contributed by atoms with Gasteiger partial charge in [-0.05, 0) is 34.1 Å². The normalized spacial score (nSPS) is 20.6. The van der Waals surface area contributed by atoms with E-state index in [1.165, 1.54) is 0 Å². The van der Waals surface area contributed by atoms with Crippen LogP contribution in [0.15, 0.2) is 23.0 Å². The zero-order valence-electron chi connectivity index (χ0n) is 16.2. The molecule has 1 aromatic carbocycles. The lowest BCUT2D eigenvalue weighted by Gasteiger charge is -2.22. The van der Waals surface area contributed by atoms with Crippen molar-refractivity contribution >= 4 is 11.6 Å². The van der Waals surface area contributed by atoms with E-state index in [2.05, 4.69) is 0 Å². The van der Waals surface area contributed by atoms with Crippen molar-refractivity contribution in [1.29, 1.82) is 0 Å². The van der Waals surface area contributed by atoms with E-state index in [4.69, 9.17) is 9.47 Å². The molecule has 144 valence electrons. The molecule has 0 aliphatic carbocycles. The number of hydrogen-bond acceptors (Lipinski definition) is 6. The van der Waals surface area contributed by atoms with Crippen LogP contribution in [0.1, 0.15) is 62.5 Å². The highest BCUT2D eigenvalue weighted by Gasteiger charge is 2.56. The van der Waals surface area contributed by atoms with Crippen molar-refractivity contribution < 1.29 is 29.3 Å². The van der Waals surface area contributed by atoms with Crippen LogP contribution in [-0.4, -0.2) is 27.6 Å². The van der Waals surface area contributed by atoms with Gasteiger partial charge in [-0.3, -0.25) is 9.59 Å². The van der Waals surface area contributed by atoms with Crippen LogP contribution in [0.2, 0.25) is 0 Å². The van der Waals surface area contributed by atoms with Crippen molar-refractivity contribution in [1.82, 2.24) is 0 Å². The molecule has 0 aromatic heterocycles. The van der Waals surface area contributed by atoms with Gasteiger partial charge >= 0.3 is 5.79 Å². The van der Waals surface area contributed by atoms with E-state index in [1.807, 2.05) is 19.9 Å². The Morgan fingerprint density at radius 3 is 2.37 bits per heavy atom. The van der Waals surface area contributed by atoms with E-state index in [9.17, 15) is 19.8 Å². The van der Waals surface area contributed by atoms with Gasteiger partial charge in [-0.2, -0.15) is 0 Å². The summed E-state index contributed by atoms with van der Waals surface area (Å²) in [5.41, 5.74) is 2.02. The predicted octanol–water partition coefficient (Wildman–Crippen LogP) is 3.72. The van der Waals surface area contributed by atoms with E-state index >= 15 is 0 Å². The molecule has 1 atom stereocenters. The molecule has 0 amide bonds. The van der Waals surface area contributed by atoms with Gasteiger partial charge in [0.2, 0.25) is 5.78 Å². The molecule has 0 fully saturated rings. The van der Waals surface area contributed by atoms with Gasteiger partial charge < -0.3 is 19.7 Å². The Labute approximate surface area is 158 Å². The summed E-state index contributed by atoms with van der Waals surface area (Å²) in [6, 6.07) is 0. The summed E-state index contributed by atoms with van der Waals surface area (Å²) >= 11 is 0. The standard InChI is InChI=1S/C21H24O6/c1-6-15(22)16-18(24)13(8-7-10(2)3)17(23)14-9-21(27-19(14)16)20(25)11(4)12(5)26-21/h7,23-24H,6,8-9H2,1-5H3. The van der Waals surface area contributed by atoms with E-state index in [1.54, 1.807) is 20.8 Å². The largest absolute Gasteiger partial charge is 0.507 e. The Balaban J connectivity index is 2.18. The fourth-order valence-corrected chi connectivity index (χ4v) is 3.46. The third-order valence-electron chi connectivity index (χ3n) is 5.12. The van der Waals surface area contributed by atoms with E-state index < -0.39 is 5.79 Å². The quantitative estimate of drug-likeness (QED) is 0.618. The van der Waals surface area contributed by atoms with Crippen LogP contribution in [0.3, 0.4) is 0 Å². The van der Waals surface area contributed by atoms with E-state index in [0.29, 0.717) is 16.9 Å². The van der Waals surface area contributed by atoms with Crippen LogP contribution >= 0.6 is 0 Å². The fraction of sp³-hybridized carbons (Fsp3) is 0.429. The second kappa shape index (κ2) is 6.44. The lowest BCUT2D eigenvalue weighted by Crippen LogP contribution is -2.42. The number of phenolic OH excluding ortho intramolecular Hbond substituents is 2. The molecule has 0 saturated carbocycles. The first-order valence-electron chi connectivity index (χ1n) is 8.99. The molecule has 6 heteroatoms. The molecule has 1 aromatic rings. The second-order valence-corrected chi connectivity index (χ2v) is 7.26. The number of phenols is 2. The summed E-state index contributed by atoms with van der Waals surface area (Å²) < 4.78 is 11.5. The van der Waals surface area contributed by atoms with Crippen molar-refractivity contribution in [3.8, 4) is 17.2 Å². The number of allylic oxidation sites excluding steroid dienone is 3. The van der Waals surface area contributed by atoms with Crippen LogP contribution in [-0.2, 0) is 22.4 Å². The Bertz CT molecular complexity index is 917. The summed E-state index contributed by atoms with van der Waals surface area (Å²) in [6.45, 7) is 8.80. The van der Waals surface area contributed by atoms with E-state index in [0.717, 1.165) is 5.57 Å². The van der Waals surface area contributed by atoms with Gasteiger partial charge in [-0.15, -0.1) is 0 Å². The molecule has 2 aliphatic heterocycles. The SMILES string of the molecule is CCC(=O)c1c(O)c(CC=C(C)C)c(O)c2c1OC1(C2)OC(C)=C(C)C1=O. The van der Waals surface area contributed by atoms with Crippen molar-refractivity contribution in [2.45, 2.75) is 59.7 Å². The maximum absolute atomic E-state index is 12.7. The monoisotopic (exact) mass is 372 g/mol. The molecule has 2 heterocycles. The highest BCUT2D eigenvalue weighted by molar-refractivity contribution is 6.06. The lowest BCUT2D eigenvalue weighted by molar-refractivity contribution is -0.160. The molecule has 3 rings (SSSR count). The minimum Gasteiger partial charge on any atom is -0.507 e. The average molecular weight is 372 g/mol. The second-order valence-electron chi connectivity index (χ2n) is 7.26. The summed E-state index contributed by atoms with van der Waals surface area (Å²) in [4.78, 5) is 25.2. The van der Waals surface area contributed by atoms with Crippen LogP contribution < -0.4 is 4.74 Å². The fourth-order valence-electron chi connectivity index (χ4n) is 3.46. The first-order valence-corrected chi connectivity index (χ1v) is 8.99. The van der Waals surface area contributed by atoms with Crippen molar-refractivity contribution in [3.05, 3.63) is 39.7 Å². The van der Waals surface area contributed by atoms with Crippen LogP contribution in [0.5, 0.6) is 17.2 Å². The molecule has 2 aliphatic rings. The summed E-state index contributed by atoms with van der Waals surface area (Å²) in [6.07, 6.45) is 2.23. The smallest absolute Gasteiger partial charge is 0.319 e. The van der Waals surface area contributed by atoms with Crippen molar-refractivity contribution in [2.24, 2.45) is 0 Å². The number of aromatic hydroxyl groups is 2. The number of benzene rings is 1. The lowest BCUT2D eigenvalue weighted by atomic mass is 9.92. The van der Waals surface area contributed by atoms with Crippen molar-refractivity contribution in [3.63, 3.8) is 0 Å². The van der Waals surface area contributed by atoms with Gasteiger partial charge in [0.1, 0.15) is 28.6 Å². The molecular formula is C21H24O6. The Hall–Kier alpha value is -2.76. The van der Waals surface area contributed by atoms with E-state index in [-0.39, 0.29) is 59.2 Å². The zero-order chi connectivity index (χ0) is 20.1. The van der Waals surface area contributed by atoms with Crippen LogP contribution in [0.4, 0.5) is 0 Å². The molecule has 27 heavy (non-hydrogen) atoms. The number of ether oxygens (including phenoxy) is 2. The first-order chi connectivity index (χ1) is 12.6.